The first-order chi connectivity index (χ1) is 16.6. The summed E-state index contributed by atoms with van der Waals surface area (Å²) in [7, 11) is 0. The number of hydrogen-bond donors (Lipinski definition) is 4. The van der Waals surface area contributed by atoms with E-state index in [0.29, 0.717) is 11.4 Å². The van der Waals surface area contributed by atoms with Crippen LogP contribution in [0.15, 0.2) is 40.4 Å². The van der Waals surface area contributed by atoms with E-state index in [1.165, 1.54) is 22.6 Å². The molecule has 11 heteroatoms. The Morgan fingerprint density at radius 1 is 1.15 bits per heavy atom. The molecule has 1 spiro atoms. The Hall–Kier alpha value is -1.63. The molecule has 2 saturated heterocycles. The monoisotopic (exact) mass is 515 g/mol. The van der Waals surface area contributed by atoms with E-state index in [-0.39, 0.29) is 12.1 Å². The minimum absolute atomic E-state index is 0.0470. The zero-order valence-corrected chi connectivity index (χ0v) is 21.5. The van der Waals surface area contributed by atoms with Gasteiger partial charge in [-0.3, -0.25) is 0 Å². The fraction of sp³-hybridized carbons (Fsp3) is 0.522. The van der Waals surface area contributed by atoms with Gasteiger partial charge in [-0.05, 0) is 55.7 Å². The highest BCUT2D eigenvalue weighted by molar-refractivity contribution is 7.98. The zero-order chi connectivity index (χ0) is 23.1. The molecule has 34 heavy (non-hydrogen) atoms. The van der Waals surface area contributed by atoms with Gasteiger partial charge in [0.2, 0.25) is 5.95 Å². The molecule has 0 amide bonds. The van der Waals surface area contributed by atoms with Crippen LogP contribution < -0.4 is 16.0 Å². The quantitative estimate of drug-likeness (QED) is 0.276. The van der Waals surface area contributed by atoms with E-state index < -0.39 is 6.10 Å². The van der Waals surface area contributed by atoms with E-state index in [0.717, 1.165) is 48.0 Å². The molecule has 2 aliphatic heterocycles. The lowest BCUT2D eigenvalue weighted by Gasteiger charge is -2.39. The fourth-order valence-electron chi connectivity index (χ4n) is 5.03. The van der Waals surface area contributed by atoms with Crippen molar-refractivity contribution in [3.05, 3.63) is 30.6 Å². The lowest BCUT2D eigenvalue weighted by molar-refractivity contribution is 0.161. The number of aliphatic hydroxyl groups is 1. The number of aromatic nitrogens is 3. The summed E-state index contributed by atoms with van der Waals surface area (Å²) in [5, 5.41) is 22.0. The number of thiazole rings is 1. The summed E-state index contributed by atoms with van der Waals surface area (Å²) < 4.78 is 3.68. The molecular formula is C23H29N7OS3. The molecular weight excluding hydrogens is 487 g/mol. The number of nitrogens with zero attached hydrogens (tertiary/aromatic N) is 4. The predicted molar refractivity (Wildman–Crippen MR) is 141 cm³/mol. The predicted octanol–water partition coefficient (Wildman–Crippen LogP) is 3.53. The minimum Gasteiger partial charge on any atom is -0.389 e. The number of fused-ring (bicyclic) bond motifs is 1. The molecule has 1 saturated carbocycles. The van der Waals surface area contributed by atoms with Crippen molar-refractivity contribution in [3.63, 3.8) is 0 Å². The summed E-state index contributed by atoms with van der Waals surface area (Å²) in [4.78, 5) is 15.8. The lowest BCUT2D eigenvalue weighted by Crippen LogP contribution is -2.54. The average molecular weight is 516 g/mol. The maximum Gasteiger partial charge on any atom is 0.222 e. The summed E-state index contributed by atoms with van der Waals surface area (Å²) in [6.07, 6.45) is 8.08. The summed E-state index contributed by atoms with van der Waals surface area (Å²) in [5.41, 5.74) is 1.51. The van der Waals surface area contributed by atoms with Gasteiger partial charge in [0, 0.05) is 53.8 Å². The zero-order valence-electron chi connectivity index (χ0n) is 19.0. The van der Waals surface area contributed by atoms with Crippen LogP contribution in [0.5, 0.6) is 0 Å². The number of hydrogen-bond acceptors (Lipinski definition) is 11. The van der Waals surface area contributed by atoms with Gasteiger partial charge in [0.1, 0.15) is 0 Å². The van der Waals surface area contributed by atoms with Crippen molar-refractivity contribution in [1.82, 2.24) is 24.6 Å². The number of benzene rings is 1. The van der Waals surface area contributed by atoms with Crippen LogP contribution in [0.3, 0.4) is 0 Å². The molecule has 0 bridgehead atoms. The van der Waals surface area contributed by atoms with Crippen LogP contribution in [0.1, 0.15) is 19.3 Å². The van der Waals surface area contributed by atoms with Crippen molar-refractivity contribution < 1.29 is 5.11 Å². The second kappa shape index (κ2) is 9.44. The molecule has 4 N–H and O–H groups in total. The van der Waals surface area contributed by atoms with Crippen molar-refractivity contribution in [2.45, 2.75) is 47.2 Å². The molecule has 2 aromatic heterocycles. The topological polar surface area (TPSA) is 98.2 Å². The van der Waals surface area contributed by atoms with Gasteiger partial charge in [0.25, 0.3) is 0 Å². The van der Waals surface area contributed by atoms with Crippen LogP contribution in [-0.4, -0.2) is 75.0 Å². The molecule has 0 unspecified atom stereocenters. The second-order valence-corrected chi connectivity index (χ2v) is 12.6. The fourth-order valence-corrected chi connectivity index (χ4v) is 7.50. The van der Waals surface area contributed by atoms with E-state index >= 15 is 0 Å². The van der Waals surface area contributed by atoms with Gasteiger partial charge in [-0.2, -0.15) is 0 Å². The van der Waals surface area contributed by atoms with Crippen LogP contribution in [0, 0.1) is 5.41 Å². The Morgan fingerprint density at radius 2 is 1.94 bits per heavy atom. The summed E-state index contributed by atoms with van der Waals surface area (Å²) in [5.74, 6) is 0.560. The second-order valence-electron chi connectivity index (χ2n) is 9.47. The maximum atomic E-state index is 10.9. The number of aliphatic hydroxyl groups excluding tert-OH is 1. The molecule has 6 rings (SSSR count). The molecule has 3 aromatic rings. The van der Waals surface area contributed by atoms with Crippen molar-refractivity contribution in [2.24, 2.45) is 5.41 Å². The minimum atomic E-state index is -0.537. The van der Waals surface area contributed by atoms with Gasteiger partial charge in [-0.25, -0.2) is 19.3 Å². The van der Waals surface area contributed by atoms with Gasteiger partial charge in [-0.15, -0.1) is 11.8 Å². The highest BCUT2D eigenvalue weighted by Crippen LogP contribution is 2.40. The molecule has 0 radical (unpaired) electrons. The van der Waals surface area contributed by atoms with E-state index in [1.807, 2.05) is 18.2 Å². The Bertz CT molecular complexity index is 1150. The Morgan fingerprint density at radius 3 is 2.65 bits per heavy atom. The van der Waals surface area contributed by atoms with Gasteiger partial charge in [-0.1, -0.05) is 11.3 Å². The molecule has 4 heterocycles. The highest BCUT2D eigenvalue weighted by atomic mass is 32.2. The third-order valence-corrected chi connectivity index (χ3v) is 9.76. The van der Waals surface area contributed by atoms with E-state index in [4.69, 9.17) is 4.98 Å². The standard InChI is InChI=1S/C23H29N7OS3/c1-32-15-9-25-21(26-10-15)27-17-4-5-18(20(17)31)29-22-28-16-3-2-14(8-19(16)33-22)34-30-7-6-23(13-30)11-24-12-23/h2-3,8-10,17-18,20,24,31H,4-7,11-13H2,1H3,(H,28,29)(H,25,26,27)/t17-,18-,20+/m0/s1. The lowest BCUT2D eigenvalue weighted by atomic mass is 9.81. The summed E-state index contributed by atoms with van der Waals surface area (Å²) >= 11 is 5.14. The van der Waals surface area contributed by atoms with Crippen LogP contribution in [0.2, 0.25) is 0 Å². The van der Waals surface area contributed by atoms with Crippen LogP contribution >= 0.6 is 35.0 Å². The van der Waals surface area contributed by atoms with Crippen molar-refractivity contribution in [3.8, 4) is 0 Å². The first kappa shape index (κ1) is 22.8. The van der Waals surface area contributed by atoms with Gasteiger partial charge in [0.15, 0.2) is 5.13 Å². The first-order valence-electron chi connectivity index (χ1n) is 11.7. The molecule has 1 aliphatic carbocycles. The number of nitrogens with one attached hydrogen (secondary N) is 3. The smallest absolute Gasteiger partial charge is 0.222 e. The third kappa shape index (κ3) is 4.61. The van der Waals surface area contributed by atoms with Crippen LogP contribution in [-0.2, 0) is 0 Å². The van der Waals surface area contributed by atoms with Crippen molar-refractivity contribution >= 4 is 56.3 Å². The Balaban J connectivity index is 1.07. The van der Waals surface area contributed by atoms with Gasteiger partial charge < -0.3 is 21.1 Å². The van der Waals surface area contributed by atoms with Crippen LogP contribution in [0.25, 0.3) is 10.2 Å². The van der Waals surface area contributed by atoms with E-state index in [9.17, 15) is 5.11 Å². The molecule has 3 atom stereocenters. The van der Waals surface area contributed by atoms with Crippen molar-refractivity contribution in [2.75, 3.05) is 43.1 Å². The van der Waals surface area contributed by atoms with Gasteiger partial charge >= 0.3 is 0 Å². The molecule has 8 nitrogen and oxygen atoms in total. The van der Waals surface area contributed by atoms with Crippen LogP contribution in [0.4, 0.5) is 11.1 Å². The first-order valence-corrected chi connectivity index (χ1v) is 14.5. The molecule has 3 fully saturated rings. The molecule has 180 valence electrons. The maximum absolute atomic E-state index is 10.9. The average Bonchev–Trinajstić information content (AvgIpc) is 3.53. The highest BCUT2D eigenvalue weighted by Gasteiger charge is 2.43. The number of thioether (sulfide) groups is 1. The Labute approximate surface area is 211 Å². The van der Waals surface area contributed by atoms with E-state index in [1.54, 1.807) is 35.5 Å². The SMILES string of the molecule is CSc1cnc(N[C@H]2CC[C@H](Nc3nc4ccc(SN5CCC6(CNC6)C5)cc4s3)[C@@H]2O)nc1. The third-order valence-electron chi connectivity index (χ3n) is 7.10. The Kier molecular flexibility index (Phi) is 6.33. The molecule has 3 aliphatic rings. The van der Waals surface area contributed by atoms with E-state index in [2.05, 4.69) is 48.4 Å². The normalized spacial score (nSPS) is 26.2. The number of anilines is 2. The summed E-state index contributed by atoms with van der Waals surface area (Å²) in [6.45, 7) is 4.64. The van der Waals surface area contributed by atoms with Gasteiger partial charge in [0.05, 0.1) is 28.4 Å². The largest absolute Gasteiger partial charge is 0.389 e. The molecule has 1 aromatic carbocycles. The summed E-state index contributed by atoms with van der Waals surface area (Å²) in [6, 6.07) is 6.41. The number of rotatable bonds is 7. The van der Waals surface area contributed by atoms with Crippen molar-refractivity contribution in [1.29, 1.82) is 0 Å².